The number of carbonyl (C=O) groups excluding carboxylic acids is 4. The molecule has 6 heterocycles. The van der Waals surface area contributed by atoms with Crippen molar-refractivity contribution in [3.8, 4) is 16.3 Å². The maximum atomic E-state index is 13.8. The van der Waals surface area contributed by atoms with Gasteiger partial charge in [0.05, 0.1) is 42.2 Å². The number of nitrogens with one attached hydrogen (secondary N) is 2. The van der Waals surface area contributed by atoms with Crippen molar-refractivity contribution < 1.29 is 28.4 Å². The van der Waals surface area contributed by atoms with Gasteiger partial charge in [0.1, 0.15) is 35.5 Å². The zero-order valence-corrected chi connectivity index (χ0v) is 29.7. The second-order valence-corrected chi connectivity index (χ2v) is 13.7. The molecular formula is C36H39N9O6S. The van der Waals surface area contributed by atoms with Crippen LogP contribution in [0.5, 0.6) is 5.75 Å². The van der Waals surface area contributed by atoms with Gasteiger partial charge in [-0.25, -0.2) is 4.98 Å². The van der Waals surface area contributed by atoms with E-state index < -0.39 is 6.04 Å². The molecular weight excluding hydrogens is 687 g/mol. The van der Waals surface area contributed by atoms with Crippen LogP contribution in [0.2, 0.25) is 0 Å². The molecule has 270 valence electrons. The summed E-state index contributed by atoms with van der Waals surface area (Å²) in [4.78, 5) is 62.8. The number of fused-ring (bicyclic) bond motifs is 3. The van der Waals surface area contributed by atoms with Gasteiger partial charge in [0.15, 0.2) is 0 Å². The summed E-state index contributed by atoms with van der Waals surface area (Å²) < 4.78 is 14.7. The Morgan fingerprint density at radius 1 is 1.02 bits per heavy atom. The Labute approximate surface area is 303 Å². The molecule has 0 aliphatic carbocycles. The number of amides is 4. The monoisotopic (exact) mass is 725 g/mol. The molecule has 1 atom stereocenters. The van der Waals surface area contributed by atoms with Gasteiger partial charge in [-0.1, -0.05) is 23.4 Å². The van der Waals surface area contributed by atoms with Gasteiger partial charge in [0, 0.05) is 51.4 Å². The van der Waals surface area contributed by atoms with E-state index in [1.54, 1.807) is 35.0 Å². The van der Waals surface area contributed by atoms with Crippen LogP contribution in [0, 0.1) is 6.92 Å². The van der Waals surface area contributed by atoms with Crippen LogP contribution >= 0.6 is 11.3 Å². The van der Waals surface area contributed by atoms with Gasteiger partial charge in [-0.05, 0) is 48.6 Å². The second-order valence-electron chi connectivity index (χ2n) is 12.8. The first-order valence-corrected chi connectivity index (χ1v) is 18.0. The lowest BCUT2D eigenvalue weighted by Gasteiger charge is -2.36. The lowest BCUT2D eigenvalue weighted by atomic mass is 9.94. The largest absolute Gasteiger partial charge is 0.494 e. The van der Waals surface area contributed by atoms with Crippen LogP contribution in [0.1, 0.15) is 51.4 Å². The highest BCUT2D eigenvalue weighted by atomic mass is 32.1. The number of benzene rings is 1. The molecule has 1 unspecified atom stereocenters. The number of imidazole rings is 1. The van der Waals surface area contributed by atoms with Crippen molar-refractivity contribution >= 4 is 35.0 Å². The molecule has 7 rings (SSSR count). The van der Waals surface area contributed by atoms with Gasteiger partial charge in [0.2, 0.25) is 17.7 Å². The van der Waals surface area contributed by atoms with Crippen LogP contribution in [0.3, 0.4) is 0 Å². The summed E-state index contributed by atoms with van der Waals surface area (Å²) in [5.74, 6) is -0.0309. The zero-order valence-electron chi connectivity index (χ0n) is 28.9. The molecule has 4 aromatic heterocycles. The van der Waals surface area contributed by atoms with E-state index in [4.69, 9.17) is 14.2 Å². The predicted molar refractivity (Wildman–Crippen MR) is 189 cm³/mol. The lowest BCUT2D eigenvalue weighted by Crippen LogP contribution is -2.45. The molecule has 0 spiro atoms. The molecule has 4 amide bonds. The van der Waals surface area contributed by atoms with Crippen molar-refractivity contribution in [2.75, 3.05) is 39.3 Å². The molecule has 15 nitrogen and oxygen atoms in total. The minimum absolute atomic E-state index is 0.0101. The van der Waals surface area contributed by atoms with E-state index in [2.05, 4.69) is 20.9 Å². The van der Waals surface area contributed by atoms with E-state index in [1.165, 1.54) is 20.9 Å². The average Bonchev–Trinajstić information content (AvgIpc) is 3.95. The second kappa shape index (κ2) is 15.2. The Balaban J connectivity index is 1.13. The molecule has 2 N–H and O–H groups in total. The molecule has 2 aliphatic heterocycles. The van der Waals surface area contributed by atoms with Gasteiger partial charge >= 0.3 is 0 Å². The Morgan fingerprint density at radius 2 is 1.87 bits per heavy atom. The Morgan fingerprint density at radius 3 is 2.67 bits per heavy atom. The first-order valence-electron chi connectivity index (χ1n) is 17.1. The fourth-order valence-corrected chi connectivity index (χ4v) is 7.26. The fourth-order valence-electron chi connectivity index (χ4n) is 6.58. The van der Waals surface area contributed by atoms with E-state index in [-0.39, 0.29) is 56.2 Å². The first-order chi connectivity index (χ1) is 25.2. The summed E-state index contributed by atoms with van der Waals surface area (Å²) >= 11 is 1.52. The highest BCUT2D eigenvalue weighted by Crippen LogP contribution is 2.36. The third-order valence-electron chi connectivity index (χ3n) is 9.06. The van der Waals surface area contributed by atoms with Crippen molar-refractivity contribution in [2.24, 2.45) is 7.05 Å². The van der Waals surface area contributed by atoms with Crippen LogP contribution in [0.4, 0.5) is 0 Å². The third kappa shape index (κ3) is 7.61. The number of hydrogen-bond acceptors (Lipinski definition) is 10. The molecule has 16 heteroatoms. The normalized spacial score (nSPS) is 17.2. The molecule has 0 radical (unpaired) electrons. The van der Waals surface area contributed by atoms with Gasteiger partial charge in [-0.15, -0.1) is 11.3 Å². The van der Waals surface area contributed by atoms with E-state index >= 15 is 0 Å². The van der Waals surface area contributed by atoms with E-state index in [9.17, 15) is 19.2 Å². The van der Waals surface area contributed by atoms with Crippen LogP contribution < -0.4 is 15.4 Å². The number of aromatic nitrogens is 5. The van der Waals surface area contributed by atoms with Crippen molar-refractivity contribution in [3.63, 3.8) is 0 Å². The van der Waals surface area contributed by atoms with E-state index in [1.807, 2.05) is 48.7 Å². The fraction of sp³-hybridized carbons (Fsp3) is 0.361. The summed E-state index contributed by atoms with van der Waals surface area (Å²) in [7, 11) is 1.69. The summed E-state index contributed by atoms with van der Waals surface area (Å²) in [6.45, 7) is 2.89. The molecule has 0 fully saturated rings. The minimum Gasteiger partial charge on any atom is -0.494 e. The van der Waals surface area contributed by atoms with Gasteiger partial charge < -0.3 is 34.3 Å². The summed E-state index contributed by atoms with van der Waals surface area (Å²) in [5.41, 5.74) is 4.05. The highest BCUT2D eigenvalue weighted by Gasteiger charge is 2.36. The Kier molecular flexibility index (Phi) is 10.2. The lowest BCUT2D eigenvalue weighted by molar-refractivity contribution is -0.133. The number of ether oxygens (including phenoxy) is 1. The number of thiophene rings is 1. The number of aryl methyl sites for hydroxylation is 2. The predicted octanol–water partition coefficient (Wildman–Crippen LogP) is 2.52. The first kappa shape index (κ1) is 34.7. The van der Waals surface area contributed by atoms with Crippen LogP contribution in [0.15, 0.2) is 64.8 Å². The minimum atomic E-state index is -0.523. The topological polar surface area (TPSA) is 170 Å². The van der Waals surface area contributed by atoms with Crippen molar-refractivity contribution in [2.45, 2.75) is 38.8 Å². The standard InChI is InChI=1S/C36H39N9O6S/c1-23-16-26(51-41-23)18-33(48)45-12-9-28-34-35(45)24-6-3-7-25(17-24)50-14-5-10-37-31(46)20-43(13-11-38-32(47)21-44(28)22-39-34)36(49)29-19-27(40-42(29)2)30-8-4-15-52-30/h3-4,6-8,15-17,19,22,35H,5,9-14,18,20-21H2,1-2H3,(H,37,46)(H,38,47). The molecule has 0 saturated heterocycles. The molecule has 6 bridgehead atoms. The maximum absolute atomic E-state index is 13.8. The van der Waals surface area contributed by atoms with Crippen molar-refractivity contribution in [1.29, 1.82) is 0 Å². The van der Waals surface area contributed by atoms with Crippen LogP contribution in [0.25, 0.3) is 10.6 Å². The van der Waals surface area contributed by atoms with E-state index in [0.29, 0.717) is 66.8 Å². The Hall–Kier alpha value is -5.77. The molecule has 5 aromatic rings. The van der Waals surface area contributed by atoms with Gasteiger partial charge in [-0.3, -0.25) is 23.9 Å². The van der Waals surface area contributed by atoms with Gasteiger partial charge in [0.25, 0.3) is 5.91 Å². The van der Waals surface area contributed by atoms with Gasteiger partial charge in [-0.2, -0.15) is 5.10 Å². The molecule has 1 aromatic carbocycles. The quantitative estimate of drug-likeness (QED) is 0.283. The van der Waals surface area contributed by atoms with Crippen molar-refractivity contribution in [1.82, 2.24) is 44.9 Å². The molecule has 52 heavy (non-hydrogen) atoms. The average molecular weight is 726 g/mol. The van der Waals surface area contributed by atoms with Crippen LogP contribution in [-0.4, -0.2) is 97.2 Å². The van der Waals surface area contributed by atoms with Crippen molar-refractivity contribution in [3.05, 3.63) is 94.3 Å². The SMILES string of the molecule is Cc1cc(CC(=O)N2CCc3c4ncn3CC(=O)NCCN(C(=O)c3cc(-c5cccs5)nn3C)CC(=O)NCCCOc3cccc(c3)C42)on1. The molecule has 0 saturated carbocycles. The zero-order chi connectivity index (χ0) is 36.2. The maximum Gasteiger partial charge on any atom is 0.272 e. The summed E-state index contributed by atoms with van der Waals surface area (Å²) in [6.07, 6.45) is 2.69. The number of hydrogen-bond donors (Lipinski definition) is 2. The summed E-state index contributed by atoms with van der Waals surface area (Å²) in [5, 5.41) is 16.2. The molecule has 2 aliphatic rings. The summed E-state index contributed by atoms with van der Waals surface area (Å²) in [6, 6.07) is 14.3. The third-order valence-corrected chi connectivity index (χ3v) is 9.95. The Bertz CT molecular complexity index is 2080. The number of nitrogens with zero attached hydrogens (tertiary/aromatic N) is 7. The highest BCUT2D eigenvalue weighted by molar-refractivity contribution is 7.13. The number of rotatable bonds is 4. The number of carbonyl (C=O) groups is 4. The van der Waals surface area contributed by atoms with E-state index in [0.717, 1.165) is 16.1 Å². The smallest absolute Gasteiger partial charge is 0.272 e. The van der Waals surface area contributed by atoms with Crippen LogP contribution in [-0.2, 0) is 40.8 Å².